The van der Waals surface area contributed by atoms with Crippen molar-refractivity contribution in [2.75, 3.05) is 0 Å². The zero-order valence-electron chi connectivity index (χ0n) is 30.9. The molecule has 3 heterocycles. The molecule has 0 aliphatic carbocycles. The molecule has 265 valence electrons. The van der Waals surface area contributed by atoms with Crippen molar-refractivity contribution in [3.8, 4) is 21.0 Å². The van der Waals surface area contributed by atoms with Crippen molar-refractivity contribution < 1.29 is 30.0 Å². The Morgan fingerprint density at radius 1 is 0.780 bits per heavy atom. The number of benzene rings is 3. The van der Waals surface area contributed by atoms with Crippen LogP contribution in [0, 0.1) is 16.9 Å². The van der Waals surface area contributed by atoms with Gasteiger partial charge < -0.3 is 5.11 Å². The molecular formula is C44H50IrNO2S2-. The van der Waals surface area contributed by atoms with E-state index in [4.69, 9.17) is 4.98 Å². The Bertz CT molecular complexity index is 2090. The number of thiophene rings is 2. The minimum absolute atomic E-state index is 0. The van der Waals surface area contributed by atoms with Crippen LogP contribution in [-0.2, 0) is 30.3 Å². The molecule has 0 amide bonds. The number of allylic oxidation sites excluding steroid dienone is 2. The van der Waals surface area contributed by atoms with E-state index in [0.717, 1.165) is 42.3 Å². The molecular weight excluding hydrogens is 831 g/mol. The maximum absolute atomic E-state index is 12.2. The molecule has 3 nitrogen and oxygen atoms in total. The third kappa shape index (κ3) is 8.15. The second-order valence-corrected chi connectivity index (χ2v) is 16.8. The van der Waals surface area contributed by atoms with Crippen LogP contribution in [0.2, 0.25) is 0 Å². The van der Waals surface area contributed by atoms with E-state index >= 15 is 0 Å². The second-order valence-electron chi connectivity index (χ2n) is 14.7. The smallest absolute Gasteiger partial charge is 0.164 e. The molecule has 1 N–H and O–H groups in total. The molecule has 0 bridgehead atoms. The molecule has 0 saturated heterocycles. The van der Waals surface area contributed by atoms with E-state index in [1.165, 1.54) is 47.0 Å². The molecule has 0 atom stereocenters. The number of nitrogens with zero attached hydrogens (tertiary/aromatic N) is 1. The van der Waals surface area contributed by atoms with Crippen LogP contribution in [0.3, 0.4) is 0 Å². The summed E-state index contributed by atoms with van der Waals surface area (Å²) < 4.78 is 2.56. The van der Waals surface area contributed by atoms with Crippen LogP contribution in [0.4, 0.5) is 0 Å². The summed E-state index contributed by atoms with van der Waals surface area (Å²) in [5.41, 5.74) is 2.87. The number of rotatable bonds is 9. The van der Waals surface area contributed by atoms with Crippen LogP contribution in [0.15, 0.2) is 90.8 Å². The van der Waals surface area contributed by atoms with Gasteiger partial charge in [0.1, 0.15) is 5.76 Å². The number of carbonyl (C=O) groups excluding carboxylic acids is 1. The number of aliphatic hydroxyl groups excluding tert-OH is 1. The van der Waals surface area contributed by atoms with Crippen molar-refractivity contribution in [2.24, 2.45) is 10.8 Å². The standard InChI is InChI=1S/C29H22NS2.C15H28O2.Ir/c1-29(2,3)23-15-21(14-18-8-4-6-10-22(18)23)27-28-20(12-13-30-27)17-26(32-28)25-16-19-9-5-7-11-24(19)31-25;1-7-14(5,8-2)12(16)11-13(17)15(6,9-3)10-4;/h4-13,15-17H,1-3H3;11,16H,7-10H2,1-6H3;/q-1;;/b;12-11-;. The van der Waals surface area contributed by atoms with E-state index < -0.39 is 0 Å². The molecule has 1 radical (unpaired) electrons. The number of fused-ring (bicyclic) bond motifs is 3. The average molecular weight is 881 g/mol. The Hall–Kier alpha value is -3.15. The normalized spacial score (nSPS) is 12.5. The average Bonchev–Trinajstić information content (AvgIpc) is 3.75. The quantitative estimate of drug-likeness (QED) is 0.0894. The topological polar surface area (TPSA) is 50.2 Å². The first kappa shape index (κ1) is 39.6. The molecule has 0 fully saturated rings. The van der Waals surface area contributed by atoms with E-state index in [0.29, 0.717) is 0 Å². The van der Waals surface area contributed by atoms with Crippen LogP contribution in [0.25, 0.3) is 52.0 Å². The van der Waals surface area contributed by atoms with E-state index in [9.17, 15) is 9.90 Å². The first-order chi connectivity index (χ1) is 23.3. The van der Waals surface area contributed by atoms with Crippen molar-refractivity contribution in [1.29, 1.82) is 0 Å². The summed E-state index contributed by atoms with van der Waals surface area (Å²) >= 11 is 3.69. The number of pyridine rings is 1. The van der Waals surface area contributed by atoms with Gasteiger partial charge in [0.25, 0.3) is 0 Å². The van der Waals surface area contributed by atoms with Gasteiger partial charge in [-0.1, -0.05) is 110 Å². The number of ketones is 1. The SMILES string of the molecule is CC(C)(C)c1cc(-c2nccc3cc(-c4cc5ccccc5s4)sc23)[c-]c2ccccc12.CCC(C)(CC)C(=O)/C=C(\O)C(C)(CC)CC.[Ir]. The Morgan fingerprint density at radius 3 is 2.02 bits per heavy atom. The molecule has 6 heteroatoms. The van der Waals surface area contributed by atoms with Crippen LogP contribution in [0.1, 0.15) is 93.6 Å². The van der Waals surface area contributed by atoms with Crippen LogP contribution >= 0.6 is 22.7 Å². The summed E-state index contributed by atoms with van der Waals surface area (Å²) in [6, 6.07) is 29.9. The molecule has 0 unspecified atom stereocenters. The van der Waals surface area contributed by atoms with Gasteiger partial charge in [-0.3, -0.25) is 9.78 Å². The van der Waals surface area contributed by atoms with Gasteiger partial charge in [-0.25, -0.2) is 0 Å². The molecule has 50 heavy (non-hydrogen) atoms. The summed E-state index contributed by atoms with van der Waals surface area (Å²) in [7, 11) is 0. The number of carbonyl (C=O) groups is 1. The third-order valence-corrected chi connectivity index (χ3v) is 13.0. The Kier molecular flexibility index (Phi) is 12.7. The van der Waals surface area contributed by atoms with E-state index in [1.54, 1.807) is 0 Å². The van der Waals surface area contributed by atoms with Crippen molar-refractivity contribution in [1.82, 2.24) is 4.98 Å². The van der Waals surface area contributed by atoms with Crippen molar-refractivity contribution in [2.45, 2.75) is 93.4 Å². The number of hydrogen-bond acceptors (Lipinski definition) is 5. The molecule has 0 spiro atoms. The summed E-state index contributed by atoms with van der Waals surface area (Å²) in [6.45, 7) is 18.9. The molecule has 0 saturated carbocycles. The first-order valence-corrected chi connectivity index (χ1v) is 19.2. The Labute approximate surface area is 320 Å². The van der Waals surface area contributed by atoms with Crippen molar-refractivity contribution in [3.05, 3.63) is 102 Å². The fourth-order valence-corrected chi connectivity index (χ4v) is 8.34. The molecule has 6 rings (SSSR count). The third-order valence-electron chi connectivity index (χ3n) is 10.5. The van der Waals surface area contributed by atoms with Gasteiger partial charge in [-0.2, -0.15) is 0 Å². The second kappa shape index (κ2) is 16.0. The monoisotopic (exact) mass is 881 g/mol. The van der Waals surface area contributed by atoms with Crippen molar-refractivity contribution >= 4 is 59.4 Å². The fraction of sp³-hybridized carbons (Fsp3) is 0.364. The van der Waals surface area contributed by atoms with E-state index in [-0.39, 0.29) is 47.9 Å². The van der Waals surface area contributed by atoms with Gasteiger partial charge in [-0.05, 0) is 66.1 Å². The molecule has 3 aromatic heterocycles. The number of hydrogen-bond donors (Lipinski definition) is 1. The van der Waals surface area contributed by atoms with Crippen LogP contribution in [0.5, 0.6) is 0 Å². The summed E-state index contributed by atoms with van der Waals surface area (Å²) in [4.78, 5) is 19.6. The predicted octanol–water partition coefficient (Wildman–Crippen LogP) is 13.7. The van der Waals surface area contributed by atoms with Gasteiger partial charge >= 0.3 is 0 Å². The van der Waals surface area contributed by atoms with Gasteiger partial charge in [0, 0.05) is 68.1 Å². The summed E-state index contributed by atoms with van der Waals surface area (Å²) in [5.74, 6) is 0.286. The summed E-state index contributed by atoms with van der Waals surface area (Å²) in [6.07, 6.45) is 6.68. The fourth-order valence-electron chi connectivity index (χ4n) is 6.04. The zero-order valence-corrected chi connectivity index (χ0v) is 34.9. The Balaban J connectivity index is 0.000000269. The van der Waals surface area contributed by atoms with Gasteiger partial charge in [-0.15, -0.1) is 51.8 Å². The van der Waals surface area contributed by atoms with Crippen molar-refractivity contribution in [3.63, 3.8) is 0 Å². The van der Waals surface area contributed by atoms with E-state index in [2.05, 4.69) is 99.6 Å². The minimum atomic E-state index is -0.337. The van der Waals surface area contributed by atoms with Crippen LogP contribution < -0.4 is 0 Å². The molecule has 3 aromatic carbocycles. The Morgan fingerprint density at radius 2 is 1.38 bits per heavy atom. The maximum atomic E-state index is 12.2. The summed E-state index contributed by atoms with van der Waals surface area (Å²) in [5, 5.41) is 15.1. The zero-order chi connectivity index (χ0) is 35.6. The molecule has 6 aromatic rings. The minimum Gasteiger partial charge on any atom is -0.512 e. The van der Waals surface area contributed by atoms with Gasteiger partial charge in [0.05, 0.1) is 0 Å². The molecule has 0 aliphatic heterocycles. The van der Waals surface area contributed by atoms with Gasteiger partial charge in [0.15, 0.2) is 5.78 Å². The van der Waals surface area contributed by atoms with Gasteiger partial charge in [0.2, 0.25) is 0 Å². The maximum Gasteiger partial charge on any atom is 0.164 e. The number of aromatic nitrogens is 1. The van der Waals surface area contributed by atoms with E-state index in [1.807, 2.05) is 70.4 Å². The predicted molar refractivity (Wildman–Crippen MR) is 214 cm³/mol. The first-order valence-electron chi connectivity index (χ1n) is 17.6. The largest absolute Gasteiger partial charge is 0.512 e. The molecule has 0 aliphatic rings. The van der Waals surface area contributed by atoms with Crippen LogP contribution in [-0.4, -0.2) is 15.9 Å². The number of aliphatic hydroxyl groups is 1.